The molecular weight excluding hydrogens is 748 g/mol. The van der Waals surface area contributed by atoms with Gasteiger partial charge in [0, 0.05) is 53.5 Å². The van der Waals surface area contributed by atoms with E-state index in [1.54, 1.807) is 27.9 Å². The van der Waals surface area contributed by atoms with Crippen LogP contribution >= 0.6 is 11.3 Å². The molecule has 4 bridgehead atoms. The maximum atomic E-state index is 17.4. The highest BCUT2D eigenvalue weighted by Gasteiger charge is 2.53. The number of alkyl halides is 3. The van der Waals surface area contributed by atoms with Crippen LogP contribution in [0.3, 0.4) is 0 Å². The third-order valence-corrected chi connectivity index (χ3v) is 12.0. The lowest BCUT2D eigenvalue weighted by atomic mass is 9.71. The number of aromatic nitrogens is 2. The van der Waals surface area contributed by atoms with Crippen molar-refractivity contribution in [2.24, 2.45) is 5.41 Å². The van der Waals surface area contributed by atoms with Gasteiger partial charge >= 0.3 is 18.3 Å². The first kappa shape index (κ1) is 37.5. The van der Waals surface area contributed by atoms with Crippen molar-refractivity contribution in [1.82, 2.24) is 15.3 Å². The predicted octanol–water partition coefficient (Wildman–Crippen LogP) is 7.93. The van der Waals surface area contributed by atoms with Gasteiger partial charge in [-0.1, -0.05) is 6.07 Å². The summed E-state index contributed by atoms with van der Waals surface area (Å²) in [6.45, 7) is 6.58. The molecule has 5 aliphatic rings. The zero-order chi connectivity index (χ0) is 39.0. The van der Waals surface area contributed by atoms with E-state index in [0.717, 1.165) is 43.9 Å². The van der Waals surface area contributed by atoms with Crippen molar-refractivity contribution >= 4 is 49.2 Å². The number of benzene rings is 2. The number of nitrogens with one attached hydrogen (secondary N) is 2. The van der Waals surface area contributed by atoms with Gasteiger partial charge in [0.25, 0.3) is 0 Å². The highest BCUT2D eigenvalue weighted by molar-refractivity contribution is 7.23. The fourth-order valence-corrected chi connectivity index (χ4v) is 9.68. The maximum absolute atomic E-state index is 17.4. The molecule has 2 N–H and O–H groups in total. The zero-order valence-electron chi connectivity index (χ0n) is 30.5. The molecule has 0 radical (unpaired) electrons. The molecule has 9 rings (SSSR count). The Bertz CT molecular complexity index is 2220. The second kappa shape index (κ2) is 13.7. The molecule has 1 saturated carbocycles. The van der Waals surface area contributed by atoms with Crippen molar-refractivity contribution in [3.05, 3.63) is 41.0 Å². The SMILES string of the molecule is COCCNC1C[C@H]2CC[C@@H]1N2c1nc(OCC23COC(C2)C3)nc2c(F)c(-c3ccc(F)c4sc(NC(=O)OC(C)(C)C)c(C#N)c34)c(C(F)(F)F)cc12. The van der Waals surface area contributed by atoms with Crippen molar-refractivity contribution in [1.29, 1.82) is 5.26 Å². The molecule has 55 heavy (non-hydrogen) atoms. The lowest BCUT2D eigenvalue weighted by Gasteiger charge is -2.34. The molecule has 2 aromatic carbocycles. The number of methoxy groups -OCH3 is 1. The van der Waals surface area contributed by atoms with Crippen LogP contribution in [0.4, 0.5) is 37.6 Å². The normalized spacial score (nSPS) is 24.4. The zero-order valence-corrected chi connectivity index (χ0v) is 31.4. The molecule has 1 unspecified atom stereocenters. The molecule has 6 heterocycles. The topological polar surface area (TPSA) is 131 Å². The van der Waals surface area contributed by atoms with Gasteiger partial charge in [0.05, 0.1) is 41.8 Å². The monoisotopic (exact) mass is 786 g/mol. The molecule has 4 saturated heterocycles. The smallest absolute Gasteiger partial charge is 0.417 e. The minimum Gasteiger partial charge on any atom is -0.463 e. The van der Waals surface area contributed by atoms with Gasteiger partial charge in [0.15, 0.2) is 5.82 Å². The number of halogens is 5. The number of nitrogens with zero attached hydrogens (tertiary/aromatic N) is 4. The largest absolute Gasteiger partial charge is 0.463 e. The Balaban J connectivity index is 1.31. The van der Waals surface area contributed by atoms with Crippen LogP contribution in [0.2, 0.25) is 0 Å². The van der Waals surface area contributed by atoms with Crippen molar-refractivity contribution < 1.29 is 45.7 Å². The highest BCUT2D eigenvalue weighted by Crippen LogP contribution is 2.52. The van der Waals surface area contributed by atoms with Crippen LogP contribution < -0.4 is 20.3 Å². The quantitative estimate of drug-likeness (QED) is 0.121. The Hall–Kier alpha value is -4.37. The predicted molar refractivity (Wildman–Crippen MR) is 194 cm³/mol. The van der Waals surface area contributed by atoms with Crippen LogP contribution in [-0.4, -0.2) is 79.4 Å². The van der Waals surface area contributed by atoms with Gasteiger partial charge in [0.2, 0.25) is 0 Å². The van der Waals surface area contributed by atoms with Crippen LogP contribution in [-0.2, 0) is 20.4 Å². The fraction of sp³-hybridized carbons (Fsp3) is 0.526. The molecule has 11 nitrogen and oxygen atoms in total. The van der Waals surface area contributed by atoms with Crippen molar-refractivity contribution in [3.8, 4) is 23.2 Å². The van der Waals surface area contributed by atoms with E-state index in [9.17, 15) is 10.1 Å². The number of anilines is 2. The summed E-state index contributed by atoms with van der Waals surface area (Å²) in [6.07, 6.45) is -2.13. The van der Waals surface area contributed by atoms with Gasteiger partial charge < -0.3 is 29.2 Å². The van der Waals surface area contributed by atoms with Gasteiger partial charge in [-0.3, -0.25) is 5.32 Å². The Morgan fingerprint density at radius 3 is 2.64 bits per heavy atom. The third-order valence-electron chi connectivity index (χ3n) is 10.9. The number of hydrogen-bond acceptors (Lipinski definition) is 11. The van der Waals surface area contributed by atoms with Crippen molar-refractivity contribution in [2.75, 3.05) is 43.7 Å². The van der Waals surface area contributed by atoms with Crippen LogP contribution in [0.5, 0.6) is 6.01 Å². The highest BCUT2D eigenvalue weighted by atomic mass is 32.1. The van der Waals surface area contributed by atoms with Gasteiger partial charge in [-0.25, -0.2) is 13.6 Å². The van der Waals surface area contributed by atoms with Crippen molar-refractivity contribution in [2.45, 2.75) is 88.9 Å². The number of amides is 1. The van der Waals surface area contributed by atoms with E-state index in [0.29, 0.717) is 37.5 Å². The summed E-state index contributed by atoms with van der Waals surface area (Å²) in [4.78, 5) is 23.8. The van der Waals surface area contributed by atoms with E-state index in [-0.39, 0.29) is 74.1 Å². The second-order valence-electron chi connectivity index (χ2n) is 15.8. The van der Waals surface area contributed by atoms with Gasteiger partial charge in [-0.2, -0.15) is 28.4 Å². The summed E-state index contributed by atoms with van der Waals surface area (Å²) >= 11 is 0.630. The maximum Gasteiger partial charge on any atom is 0.417 e. The van der Waals surface area contributed by atoms with E-state index in [4.69, 9.17) is 23.9 Å². The summed E-state index contributed by atoms with van der Waals surface area (Å²) < 4.78 is 101. The lowest BCUT2D eigenvalue weighted by molar-refractivity contribution is -0.137. The number of nitriles is 1. The van der Waals surface area contributed by atoms with E-state index >= 15 is 22.0 Å². The summed E-state index contributed by atoms with van der Waals surface area (Å²) in [5.74, 6) is -2.08. The average molecular weight is 787 g/mol. The number of thiophene rings is 1. The molecular formula is C38H39F5N6O5S. The Morgan fingerprint density at radius 1 is 1.18 bits per heavy atom. The molecule has 0 spiro atoms. The van der Waals surface area contributed by atoms with E-state index < -0.39 is 51.7 Å². The number of hydrogen-bond donors (Lipinski definition) is 2. The van der Waals surface area contributed by atoms with E-state index in [2.05, 4.69) is 15.6 Å². The molecule has 4 aromatic rings. The summed E-state index contributed by atoms with van der Waals surface area (Å²) in [6, 6.07) is 4.21. The van der Waals surface area contributed by atoms with E-state index in [1.807, 2.05) is 11.0 Å². The first-order valence-corrected chi connectivity index (χ1v) is 18.9. The lowest BCUT2D eigenvalue weighted by Crippen LogP contribution is -2.42. The summed E-state index contributed by atoms with van der Waals surface area (Å²) in [7, 11) is 1.60. The Kier molecular flexibility index (Phi) is 9.34. The molecule has 5 fully saturated rings. The number of rotatable bonds is 10. The standard InChI is InChI=1S/C38H39F5N6O5S/c1-36(2,3)54-35(50)48-33-22(15-44)27-20(6-7-24(39)31(27)55-33)28-23(38(41,42)43)12-21-30(29(28)40)46-34(53-17-37-13-19(14-37)52-16-37)47-32(21)49-18-5-8-26(49)25(11-18)45-9-10-51-4/h6-7,12,18-19,25-26,45H,5,8-11,13-14,16-17H2,1-4H3,(H,48,50)/t18-,19?,25?,26+,37?/m1/s1. The first-order valence-electron chi connectivity index (χ1n) is 18.1. The molecule has 2 aromatic heterocycles. The van der Waals surface area contributed by atoms with Gasteiger partial charge in [-0.15, -0.1) is 11.3 Å². The molecule has 3 atom stereocenters. The number of carbonyl (C=O) groups is 1. The van der Waals surface area contributed by atoms with Gasteiger partial charge in [0.1, 0.15) is 33.8 Å². The minimum absolute atomic E-state index is 0.00472. The van der Waals surface area contributed by atoms with E-state index in [1.165, 1.54) is 0 Å². The number of ether oxygens (including phenoxy) is 4. The van der Waals surface area contributed by atoms with Gasteiger partial charge in [-0.05, 0) is 70.6 Å². The Morgan fingerprint density at radius 2 is 1.96 bits per heavy atom. The minimum atomic E-state index is -5.12. The number of fused-ring (bicyclic) bond motifs is 5. The Labute approximate surface area is 317 Å². The van der Waals surface area contributed by atoms with Crippen LogP contribution in [0, 0.1) is 28.4 Å². The molecule has 292 valence electrons. The molecule has 4 aliphatic heterocycles. The van der Waals surface area contributed by atoms with Crippen LogP contribution in [0.15, 0.2) is 18.2 Å². The second-order valence-corrected chi connectivity index (χ2v) is 16.8. The fourth-order valence-electron chi connectivity index (χ4n) is 8.61. The number of carbonyl (C=O) groups excluding carboxylic acids is 1. The summed E-state index contributed by atoms with van der Waals surface area (Å²) in [5.41, 5.74) is -4.61. The summed E-state index contributed by atoms with van der Waals surface area (Å²) in [5, 5.41) is 15.5. The molecule has 17 heteroatoms. The first-order chi connectivity index (χ1) is 26.1. The molecule has 1 aliphatic carbocycles. The van der Waals surface area contributed by atoms with Crippen LogP contribution in [0.1, 0.15) is 64.0 Å². The van der Waals surface area contributed by atoms with Crippen molar-refractivity contribution in [3.63, 3.8) is 0 Å². The average Bonchev–Trinajstić information content (AvgIpc) is 3.93. The molecule has 1 amide bonds. The third kappa shape index (κ3) is 6.70. The van der Waals surface area contributed by atoms with Crippen LogP contribution in [0.25, 0.3) is 32.1 Å².